The molecule has 2 heterocycles. The van der Waals surface area contributed by atoms with Gasteiger partial charge in [-0.25, -0.2) is 4.98 Å². The minimum Gasteiger partial charge on any atom is -0.444 e. The van der Waals surface area contributed by atoms with Crippen LogP contribution in [0.2, 0.25) is 0 Å². The van der Waals surface area contributed by atoms with Gasteiger partial charge in [0.1, 0.15) is 4.60 Å². The van der Waals surface area contributed by atoms with Gasteiger partial charge in [0, 0.05) is 5.56 Å². The maximum Gasteiger partial charge on any atom is 0.535 e. The minimum atomic E-state index is -0.561. The maximum absolute atomic E-state index is 5.99. The lowest BCUT2D eigenvalue weighted by Gasteiger charge is -2.32. The lowest BCUT2D eigenvalue weighted by atomic mass is 9.87. The van der Waals surface area contributed by atoms with E-state index >= 15 is 0 Å². The molecule has 0 aliphatic carbocycles. The summed E-state index contributed by atoms with van der Waals surface area (Å²) in [6, 6.07) is 9.75. The van der Waals surface area contributed by atoms with Crippen molar-refractivity contribution >= 4 is 28.7 Å². The summed E-state index contributed by atoms with van der Waals surface area (Å²) >= 11 is 3.43. The van der Waals surface area contributed by atoms with Gasteiger partial charge < -0.3 is 13.7 Å². The molecule has 1 aromatic carbocycles. The topological polar surface area (TPSA) is 44.5 Å². The van der Waals surface area contributed by atoms with Crippen LogP contribution in [-0.4, -0.2) is 23.3 Å². The van der Waals surface area contributed by atoms with Gasteiger partial charge in [-0.15, -0.1) is 0 Å². The summed E-state index contributed by atoms with van der Waals surface area (Å²) < 4.78 is 18.5. The molecule has 4 nitrogen and oxygen atoms in total. The third kappa shape index (κ3) is 2.56. The average molecular weight is 350 g/mol. The van der Waals surface area contributed by atoms with Crippen LogP contribution < -0.4 is 5.66 Å². The maximum atomic E-state index is 5.99. The van der Waals surface area contributed by atoms with E-state index in [0.29, 0.717) is 16.2 Å². The highest BCUT2D eigenvalue weighted by Gasteiger charge is 2.54. The standard InChI is InChI=1S/C15H17BBrNO3/c1-14(2)15(3,4)21-16(20-14)11-12(17)18-13(19-11)10-8-6-5-7-9-10/h5-9H,1-4H3. The van der Waals surface area contributed by atoms with Crippen molar-refractivity contribution in [3.63, 3.8) is 0 Å². The molecule has 21 heavy (non-hydrogen) atoms. The van der Waals surface area contributed by atoms with Crippen molar-refractivity contribution in [1.29, 1.82) is 0 Å². The molecular formula is C15H17BBrNO3. The fourth-order valence-electron chi connectivity index (χ4n) is 2.11. The van der Waals surface area contributed by atoms with Gasteiger partial charge >= 0.3 is 7.12 Å². The number of nitrogens with zero attached hydrogens (tertiary/aromatic N) is 1. The molecule has 0 saturated carbocycles. The Labute approximate surface area is 133 Å². The molecule has 1 aromatic heterocycles. The second-order valence-corrected chi connectivity index (χ2v) is 6.88. The van der Waals surface area contributed by atoms with E-state index in [9.17, 15) is 0 Å². The molecule has 2 aromatic rings. The fraction of sp³-hybridized carbons (Fsp3) is 0.400. The molecule has 6 heteroatoms. The second-order valence-electron chi connectivity index (χ2n) is 6.13. The molecule has 1 aliphatic rings. The number of hydrogen-bond donors (Lipinski definition) is 0. The second kappa shape index (κ2) is 4.97. The Kier molecular flexibility index (Phi) is 3.51. The summed E-state index contributed by atoms with van der Waals surface area (Å²) in [7, 11) is -0.561. The number of oxazole rings is 1. The molecule has 0 unspecified atom stereocenters. The predicted molar refractivity (Wildman–Crippen MR) is 85.4 cm³/mol. The van der Waals surface area contributed by atoms with Crippen molar-refractivity contribution in [2.45, 2.75) is 38.9 Å². The van der Waals surface area contributed by atoms with Crippen LogP contribution in [-0.2, 0) is 9.31 Å². The van der Waals surface area contributed by atoms with E-state index in [0.717, 1.165) is 5.56 Å². The van der Waals surface area contributed by atoms with Crippen molar-refractivity contribution in [1.82, 2.24) is 4.98 Å². The van der Waals surface area contributed by atoms with Crippen LogP contribution in [0.4, 0.5) is 0 Å². The Morgan fingerprint density at radius 1 is 1.00 bits per heavy atom. The van der Waals surface area contributed by atoms with Gasteiger partial charge in [0.05, 0.1) is 11.2 Å². The first-order chi connectivity index (χ1) is 9.80. The Morgan fingerprint density at radius 2 is 1.57 bits per heavy atom. The molecule has 1 aliphatic heterocycles. The molecule has 110 valence electrons. The monoisotopic (exact) mass is 349 g/mol. The van der Waals surface area contributed by atoms with E-state index < -0.39 is 18.3 Å². The van der Waals surface area contributed by atoms with Crippen LogP contribution in [0.1, 0.15) is 27.7 Å². The van der Waals surface area contributed by atoms with E-state index in [-0.39, 0.29) is 0 Å². The highest BCUT2D eigenvalue weighted by molar-refractivity contribution is 9.10. The van der Waals surface area contributed by atoms with Crippen LogP contribution in [0.3, 0.4) is 0 Å². The molecule has 0 bridgehead atoms. The largest absolute Gasteiger partial charge is 0.535 e. The highest BCUT2D eigenvalue weighted by atomic mass is 79.9. The first-order valence-corrected chi connectivity index (χ1v) is 7.67. The van der Waals surface area contributed by atoms with Gasteiger partial charge in [0.25, 0.3) is 0 Å². The van der Waals surface area contributed by atoms with Gasteiger partial charge in [0.2, 0.25) is 5.89 Å². The van der Waals surface area contributed by atoms with Crippen LogP contribution in [0, 0.1) is 0 Å². The zero-order valence-electron chi connectivity index (χ0n) is 12.5. The number of rotatable bonds is 2. The quantitative estimate of drug-likeness (QED) is 0.779. The molecular weight excluding hydrogens is 333 g/mol. The van der Waals surface area contributed by atoms with Crippen LogP contribution in [0.5, 0.6) is 0 Å². The molecule has 1 fully saturated rings. The Morgan fingerprint density at radius 3 is 2.14 bits per heavy atom. The van der Waals surface area contributed by atoms with E-state index in [1.165, 1.54) is 0 Å². The first kappa shape index (κ1) is 14.8. The van der Waals surface area contributed by atoms with Crippen molar-refractivity contribution in [2.24, 2.45) is 0 Å². The molecule has 0 N–H and O–H groups in total. The van der Waals surface area contributed by atoms with Crippen molar-refractivity contribution in [2.75, 3.05) is 0 Å². The number of halogens is 1. The Balaban J connectivity index is 1.93. The molecule has 1 saturated heterocycles. The molecule has 0 radical (unpaired) electrons. The van der Waals surface area contributed by atoms with Gasteiger partial charge in [-0.2, -0.15) is 0 Å². The van der Waals surface area contributed by atoms with E-state index in [1.807, 2.05) is 58.0 Å². The first-order valence-electron chi connectivity index (χ1n) is 6.87. The molecule has 0 amide bonds. The predicted octanol–water partition coefficient (Wildman–Crippen LogP) is 3.40. The van der Waals surface area contributed by atoms with E-state index in [2.05, 4.69) is 20.9 Å². The summed E-state index contributed by atoms with van der Waals surface area (Å²) in [5.41, 5.74) is 0.668. The Hall–Kier alpha value is -1.11. The number of hydrogen-bond acceptors (Lipinski definition) is 4. The summed E-state index contributed by atoms with van der Waals surface area (Å²) in [5.74, 6) is 0.548. The third-order valence-corrected chi connectivity index (χ3v) is 4.67. The minimum absolute atomic E-state index is 0.406. The molecule has 3 rings (SSSR count). The van der Waals surface area contributed by atoms with Crippen molar-refractivity contribution in [3.8, 4) is 11.5 Å². The van der Waals surface area contributed by atoms with Crippen LogP contribution >= 0.6 is 15.9 Å². The zero-order chi connectivity index (χ0) is 15.3. The van der Waals surface area contributed by atoms with Crippen LogP contribution in [0.15, 0.2) is 39.4 Å². The summed E-state index contributed by atoms with van der Waals surface area (Å²) in [6.45, 7) is 8.04. The van der Waals surface area contributed by atoms with Gasteiger partial charge in [0.15, 0.2) is 5.66 Å². The highest BCUT2D eigenvalue weighted by Crippen LogP contribution is 2.37. The van der Waals surface area contributed by atoms with Crippen molar-refractivity contribution < 1.29 is 13.7 Å². The SMILES string of the molecule is CC1(C)OB(c2oc(-c3ccccc3)nc2Br)OC1(C)C. The summed E-state index contributed by atoms with van der Waals surface area (Å²) in [6.07, 6.45) is 0. The number of benzene rings is 1. The summed E-state index contributed by atoms with van der Waals surface area (Å²) in [5, 5.41) is 0. The van der Waals surface area contributed by atoms with E-state index in [4.69, 9.17) is 13.7 Å². The lowest BCUT2D eigenvalue weighted by Crippen LogP contribution is -2.41. The van der Waals surface area contributed by atoms with Gasteiger partial charge in [-0.3, -0.25) is 0 Å². The lowest BCUT2D eigenvalue weighted by molar-refractivity contribution is 0.00578. The van der Waals surface area contributed by atoms with Crippen LogP contribution in [0.25, 0.3) is 11.5 Å². The summed E-state index contributed by atoms with van der Waals surface area (Å²) in [4.78, 5) is 4.41. The average Bonchev–Trinajstić information content (AvgIpc) is 2.89. The zero-order valence-corrected chi connectivity index (χ0v) is 14.1. The van der Waals surface area contributed by atoms with Gasteiger partial charge in [-0.05, 0) is 55.8 Å². The van der Waals surface area contributed by atoms with Crippen molar-refractivity contribution in [3.05, 3.63) is 34.9 Å². The molecule has 0 atom stereocenters. The smallest absolute Gasteiger partial charge is 0.444 e. The Bertz CT molecular complexity index is 638. The third-order valence-electron chi connectivity index (χ3n) is 4.10. The van der Waals surface area contributed by atoms with Gasteiger partial charge in [-0.1, -0.05) is 18.2 Å². The normalized spacial score (nSPS) is 20.0. The molecule has 0 spiro atoms. The number of aromatic nitrogens is 1. The fourth-order valence-corrected chi connectivity index (χ4v) is 2.54. The van der Waals surface area contributed by atoms with E-state index in [1.54, 1.807) is 0 Å².